The Morgan fingerprint density at radius 3 is 2.56 bits per heavy atom. The third kappa shape index (κ3) is 3.62. The molecular weight excluding hydrogens is 209 g/mol. The molecule has 88 valence electrons. The monoisotopic (exact) mass is 225 g/mol. The second-order valence-corrected chi connectivity index (χ2v) is 3.99. The molecule has 1 unspecified atom stereocenters. The van der Waals surface area contributed by atoms with Gasteiger partial charge in [-0.3, -0.25) is 4.79 Å². The highest BCUT2D eigenvalue weighted by Crippen LogP contribution is 2.20. The molecule has 16 heavy (non-hydrogen) atoms. The van der Waals surface area contributed by atoms with Gasteiger partial charge in [0.2, 0.25) is 0 Å². The Hall–Kier alpha value is -1.42. The van der Waals surface area contributed by atoms with Crippen LogP contribution in [0.15, 0.2) is 24.3 Å². The van der Waals surface area contributed by atoms with E-state index in [9.17, 15) is 9.18 Å². The number of carbonyl (C=O) groups is 1. The van der Waals surface area contributed by atoms with E-state index in [2.05, 4.69) is 5.32 Å². The zero-order valence-corrected chi connectivity index (χ0v) is 9.40. The summed E-state index contributed by atoms with van der Waals surface area (Å²) >= 11 is 0. The summed E-state index contributed by atoms with van der Waals surface area (Å²) in [5, 5.41) is 11.8. The molecule has 0 saturated heterocycles. The fourth-order valence-corrected chi connectivity index (χ4v) is 1.59. The molecule has 0 heterocycles. The highest BCUT2D eigenvalue weighted by molar-refractivity contribution is 5.68. The summed E-state index contributed by atoms with van der Waals surface area (Å²) in [6.07, 6.45) is -0.126. The average Bonchev–Trinajstić information content (AvgIpc) is 2.15. The Kier molecular flexibility index (Phi) is 4.43. The number of hydrogen-bond donors (Lipinski definition) is 2. The van der Waals surface area contributed by atoms with Crippen molar-refractivity contribution in [1.82, 2.24) is 5.32 Å². The number of aliphatic carboxylic acids is 1. The van der Waals surface area contributed by atoms with Gasteiger partial charge in [-0.25, -0.2) is 4.39 Å². The summed E-state index contributed by atoms with van der Waals surface area (Å²) in [4.78, 5) is 10.7. The topological polar surface area (TPSA) is 49.3 Å². The summed E-state index contributed by atoms with van der Waals surface area (Å²) in [6, 6.07) is 5.86. The van der Waals surface area contributed by atoms with Crippen LogP contribution in [0.2, 0.25) is 0 Å². The molecule has 0 fully saturated rings. The first-order chi connectivity index (χ1) is 7.50. The quantitative estimate of drug-likeness (QED) is 0.808. The molecule has 3 nitrogen and oxygen atoms in total. The fraction of sp³-hybridized carbons (Fsp3) is 0.417. The minimum absolute atomic E-state index is 0.101. The lowest BCUT2D eigenvalue weighted by Crippen LogP contribution is -2.30. The van der Waals surface area contributed by atoms with Crippen LogP contribution in [0.25, 0.3) is 0 Å². The molecule has 0 saturated carbocycles. The van der Waals surface area contributed by atoms with Crippen LogP contribution >= 0.6 is 0 Å². The normalized spacial score (nSPS) is 12.8. The summed E-state index contributed by atoms with van der Waals surface area (Å²) in [5.74, 6) is -1.32. The van der Waals surface area contributed by atoms with E-state index >= 15 is 0 Å². The lowest BCUT2D eigenvalue weighted by Gasteiger charge is -2.20. The molecular formula is C12H16FNO2. The lowest BCUT2D eigenvalue weighted by molar-refractivity contribution is -0.137. The highest BCUT2D eigenvalue weighted by atomic mass is 19.1. The van der Waals surface area contributed by atoms with Gasteiger partial charge < -0.3 is 10.4 Å². The fourth-order valence-electron chi connectivity index (χ4n) is 1.59. The Bertz CT molecular complexity index is 366. The van der Waals surface area contributed by atoms with Gasteiger partial charge in [-0.15, -0.1) is 0 Å². The van der Waals surface area contributed by atoms with Gasteiger partial charge in [-0.1, -0.05) is 32.0 Å². The van der Waals surface area contributed by atoms with Crippen molar-refractivity contribution in [1.29, 1.82) is 0 Å². The van der Waals surface area contributed by atoms with Crippen molar-refractivity contribution in [3.63, 3.8) is 0 Å². The second-order valence-electron chi connectivity index (χ2n) is 3.99. The first-order valence-electron chi connectivity index (χ1n) is 5.23. The molecule has 0 aromatic heterocycles. The standard InChI is InChI=1S/C12H16FNO2/c1-8(2)14-11(7-12(15)16)9-5-3-4-6-10(9)13/h3-6,8,11,14H,7H2,1-2H3,(H,15,16). The summed E-state index contributed by atoms with van der Waals surface area (Å²) in [5.41, 5.74) is 0.401. The minimum Gasteiger partial charge on any atom is -0.481 e. The van der Waals surface area contributed by atoms with Crippen molar-refractivity contribution >= 4 is 5.97 Å². The molecule has 0 aliphatic carbocycles. The van der Waals surface area contributed by atoms with Crippen LogP contribution in [0.5, 0.6) is 0 Å². The predicted octanol–water partition coefficient (Wildman–Crippen LogP) is 2.34. The zero-order chi connectivity index (χ0) is 12.1. The van der Waals surface area contributed by atoms with Crippen LogP contribution in [0.1, 0.15) is 31.9 Å². The van der Waals surface area contributed by atoms with Gasteiger partial charge in [0.05, 0.1) is 6.42 Å². The largest absolute Gasteiger partial charge is 0.481 e. The van der Waals surface area contributed by atoms with Crippen molar-refractivity contribution < 1.29 is 14.3 Å². The van der Waals surface area contributed by atoms with E-state index in [4.69, 9.17) is 5.11 Å². The molecule has 0 radical (unpaired) electrons. The van der Waals surface area contributed by atoms with Gasteiger partial charge in [0.25, 0.3) is 0 Å². The van der Waals surface area contributed by atoms with Crippen LogP contribution in [-0.2, 0) is 4.79 Å². The van der Waals surface area contributed by atoms with Crippen LogP contribution in [0, 0.1) is 5.82 Å². The average molecular weight is 225 g/mol. The van der Waals surface area contributed by atoms with Crippen LogP contribution in [-0.4, -0.2) is 17.1 Å². The molecule has 0 spiro atoms. The summed E-state index contributed by atoms with van der Waals surface area (Å²) < 4.78 is 13.5. The van der Waals surface area contributed by atoms with Crippen molar-refractivity contribution in [2.24, 2.45) is 0 Å². The highest BCUT2D eigenvalue weighted by Gasteiger charge is 2.18. The van der Waals surface area contributed by atoms with E-state index in [0.29, 0.717) is 5.56 Å². The zero-order valence-electron chi connectivity index (χ0n) is 9.40. The maximum absolute atomic E-state index is 13.5. The maximum atomic E-state index is 13.5. The molecule has 0 bridgehead atoms. The number of hydrogen-bond acceptors (Lipinski definition) is 2. The van der Waals surface area contributed by atoms with E-state index in [0.717, 1.165) is 0 Å². The number of carboxylic acids is 1. The van der Waals surface area contributed by atoms with Gasteiger partial charge in [0.15, 0.2) is 0 Å². The Morgan fingerprint density at radius 1 is 1.44 bits per heavy atom. The molecule has 0 amide bonds. The van der Waals surface area contributed by atoms with Gasteiger partial charge >= 0.3 is 5.97 Å². The molecule has 1 rings (SSSR count). The van der Waals surface area contributed by atoms with Gasteiger partial charge in [-0.05, 0) is 6.07 Å². The van der Waals surface area contributed by atoms with Crippen LogP contribution in [0.4, 0.5) is 4.39 Å². The first-order valence-corrected chi connectivity index (χ1v) is 5.23. The number of carboxylic acid groups (broad SMARTS) is 1. The maximum Gasteiger partial charge on any atom is 0.305 e. The van der Waals surface area contributed by atoms with Crippen molar-refractivity contribution in [2.75, 3.05) is 0 Å². The Balaban J connectivity index is 2.91. The number of halogens is 1. The van der Waals surface area contributed by atoms with Crippen LogP contribution < -0.4 is 5.32 Å². The molecule has 1 aromatic carbocycles. The number of rotatable bonds is 5. The molecule has 1 atom stereocenters. The third-order valence-electron chi connectivity index (χ3n) is 2.19. The second kappa shape index (κ2) is 5.61. The van der Waals surface area contributed by atoms with Crippen LogP contribution in [0.3, 0.4) is 0 Å². The first kappa shape index (κ1) is 12.6. The predicted molar refractivity (Wildman–Crippen MR) is 59.7 cm³/mol. The van der Waals surface area contributed by atoms with Crippen molar-refractivity contribution in [2.45, 2.75) is 32.4 Å². The SMILES string of the molecule is CC(C)NC(CC(=O)O)c1ccccc1F. The van der Waals surface area contributed by atoms with Gasteiger partial charge in [-0.2, -0.15) is 0 Å². The number of nitrogens with one attached hydrogen (secondary N) is 1. The number of benzene rings is 1. The van der Waals surface area contributed by atoms with Crippen molar-refractivity contribution in [3.8, 4) is 0 Å². The summed E-state index contributed by atoms with van der Waals surface area (Å²) in [6.45, 7) is 3.80. The van der Waals surface area contributed by atoms with Gasteiger partial charge in [0.1, 0.15) is 5.82 Å². The van der Waals surface area contributed by atoms with E-state index < -0.39 is 12.0 Å². The van der Waals surface area contributed by atoms with E-state index in [1.165, 1.54) is 6.07 Å². The van der Waals surface area contributed by atoms with E-state index in [-0.39, 0.29) is 18.3 Å². The molecule has 0 aliphatic heterocycles. The molecule has 2 N–H and O–H groups in total. The Morgan fingerprint density at radius 2 is 2.06 bits per heavy atom. The summed E-state index contributed by atoms with van der Waals surface area (Å²) in [7, 11) is 0. The molecule has 4 heteroatoms. The smallest absolute Gasteiger partial charge is 0.305 e. The third-order valence-corrected chi connectivity index (χ3v) is 2.19. The lowest BCUT2D eigenvalue weighted by atomic mass is 10.0. The minimum atomic E-state index is -0.943. The Labute approximate surface area is 94.3 Å². The molecule has 0 aliphatic rings. The van der Waals surface area contributed by atoms with Crippen molar-refractivity contribution in [3.05, 3.63) is 35.6 Å². The molecule has 1 aromatic rings. The van der Waals surface area contributed by atoms with E-state index in [1.54, 1.807) is 18.2 Å². The van der Waals surface area contributed by atoms with E-state index in [1.807, 2.05) is 13.8 Å². The van der Waals surface area contributed by atoms with Gasteiger partial charge in [0, 0.05) is 17.6 Å².